The maximum Gasteiger partial charge on any atom is 0.240 e. The van der Waals surface area contributed by atoms with Crippen LogP contribution in [0.4, 0.5) is 4.39 Å². The molecule has 156 valence electrons. The second-order valence-corrected chi connectivity index (χ2v) is 8.10. The van der Waals surface area contributed by atoms with Gasteiger partial charge >= 0.3 is 0 Å². The van der Waals surface area contributed by atoms with Gasteiger partial charge in [0, 0.05) is 25.1 Å². The maximum atomic E-state index is 14.3. The van der Waals surface area contributed by atoms with Gasteiger partial charge in [0.1, 0.15) is 28.7 Å². The molecule has 0 bridgehead atoms. The lowest BCUT2D eigenvalue weighted by molar-refractivity contribution is 0.175. The van der Waals surface area contributed by atoms with Crippen LogP contribution < -0.4 is 9.88 Å². The Balaban J connectivity index is 1.89. The van der Waals surface area contributed by atoms with Crippen LogP contribution in [0.25, 0.3) is 22.1 Å². The number of nitrogens with two attached hydrogens (primary N) is 1. The molecule has 0 atom stereocenters. The first-order chi connectivity index (χ1) is 14.3. The highest BCUT2D eigenvalue weighted by Gasteiger charge is 2.18. The third-order valence-electron chi connectivity index (χ3n) is 4.61. The summed E-state index contributed by atoms with van der Waals surface area (Å²) in [6, 6.07) is 7.36. The van der Waals surface area contributed by atoms with Crippen LogP contribution in [0.5, 0.6) is 5.88 Å². The zero-order valence-corrected chi connectivity index (χ0v) is 17.0. The Bertz CT molecular complexity index is 1370. The van der Waals surface area contributed by atoms with E-state index >= 15 is 0 Å². The zero-order valence-electron chi connectivity index (χ0n) is 16.2. The number of hydrogen-bond donors (Lipinski definition) is 1. The third kappa shape index (κ3) is 3.58. The van der Waals surface area contributed by atoms with Gasteiger partial charge in [-0.1, -0.05) is 6.07 Å². The molecule has 9 nitrogen and oxygen atoms in total. The lowest BCUT2D eigenvalue weighted by Crippen LogP contribution is -2.14. The second-order valence-electron chi connectivity index (χ2n) is 6.57. The van der Waals surface area contributed by atoms with Gasteiger partial charge in [0.15, 0.2) is 5.65 Å². The summed E-state index contributed by atoms with van der Waals surface area (Å²) in [5.41, 5.74) is 2.38. The highest BCUT2D eigenvalue weighted by atomic mass is 32.2. The number of ether oxygens (including phenoxy) is 2. The van der Waals surface area contributed by atoms with Gasteiger partial charge in [-0.05, 0) is 23.8 Å². The van der Waals surface area contributed by atoms with Crippen LogP contribution in [0, 0.1) is 5.82 Å². The van der Waals surface area contributed by atoms with Crippen LogP contribution in [-0.4, -0.2) is 42.2 Å². The first-order valence-electron chi connectivity index (χ1n) is 8.81. The quantitative estimate of drug-likeness (QED) is 0.495. The van der Waals surface area contributed by atoms with Crippen molar-refractivity contribution in [2.24, 2.45) is 5.14 Å². The molecule has 0 unspecified atom stereocenters. The maximum absolute atomic E-state index is 14.3. The molecule has 2 N–H and O–H groups in total. The molecule has 30 heavy (non-hydrogen) atoms. The van der Waals surface area contributed by atoms with Crippen LogP contribution in [0.15, 0.2) is 41.4 Å². The van der Waals surface area contributed by atoms with Gasteiger partial charge in [0.05, 0.1) is 18.8 Å². The number of halogens is 1. The average Bonchev–Trinajstić information content (AvgIpc) is 3.04. The molecule has 0 amide bonds. The monoisotopic (exact) mass is 431 g/mol. The van der Waals surface area contributed by atoms with Gasteiger partial charge in [0.25, 0.3) is 0 Å². The van der Waals surface area contributed by atoms with E-state index in [9.17, 15) is 12.8 Å². The molecule has 0 fully saturated rings. The minimum atomic E-state index is -4.14. The van der Waals surface area contributed by atoms with Gasteiger partial charge < -0.3 is 14.0 Å². The molecular weight excluding hydrogens is 413 g/mol. The highest BCUT2D eigenvalue weighted by molar-refractivity contribution is 7.89. The average molecular weight is 431 g/mol. The van der Waals surface area contributed by atoms with E-state index in [2.05, 4.69) is 15.0 Å². The van der Waals surface area contributed by atoms with Crippen LogP contribution in [-0.2, 0) is 27.9 Å². The molecular formula is C19H18FN5O4S. The highest BCUT2D eigenvalue weighted by Crippen LogP contribution is 2.27. The summed E-state index contributed by atoms with van der Waals surface area (Å²) in [5.74, 6) is 0.123. The smallest absolute Gasteiger partial charge is 0.240 e. The molecule has 0 spiro atoms. The van der Waals surface area contributed by atoms with Gasteiger partial charge in [-0.25, -0.2) is 27.9 Å². The summed E-state index contributed by atoms with van der Waals surface area (Å²) in [6.45, 7) is 0.444. The Morgan fingerprint density at radius 1 is 1.17 bits per heavy atom. The van der Waals surface area contributed by atoms with Crippen molar-refractivity contribution in [3.63, 3.8) is 0 Å². The minimum Gasteiger partial charge on any atom is -0.481 e. The van der Waals surface area contributed by atoms with Gasteiger partial charge in [0.2, 0.25) is 15.9 Å². The Hall–Kier alpha value is -3.15. The molecule has 1 aromatic carbocycles. The number of imidazole rings is 1. The van der Waals surface area contributed by atoms with Crippen LogP contribution in [0.1, 0.15) is 11.4 Å². The van der Waals surface area contributed by atoms with Crippen molar-refractivity contribution >= 4 is 32.1 Å². The fraction of sp³-hybridized carbons (Fsp3) is 0.211. The molecule has 3 heterocycles. The molecule has 0 saturated heterocycles. The van der Waals surface area contributed by atoms with Crippen molar-refractivity contribution in [2.75, 3.05) is 14.2 Å². The van der Waals surface area contributed by atoms with Crippen molar-refractivity contribution in [3.05, 3.63) is 53.7 Å². The SMILES string of the molecule is COCc1nc2cnc3nc(OC)ccc3c2n1Cc1ccc(S(N)(=O)=O)c(F)c1. The largest absolute Gasteiger partial charge is 0.481 e. The molecule has 4 rings (SSSR count). The fourth-order valence-electron chi connectivity index (χ4n) is 3.31. The van der Waals surface area contributed by atoms with Crippen molar-refractivity contribution in [1.82, 2.24) is 19.5 Å². The second kappa shape index (κ2) is 7.59. The standard InChI is InChI=1S/C19H18FN5O4S/c1-28-10-16-23-14-8-22-19-12(4-6-17(24-19)29-2)18(14)25(16)9-11-3-5-15(13(20)7-11)30(21,26)27/h3-8H,9-10H2,1-2H3,(H2,21,26,27). The summed E-state index contributed by atoms with van der Waals surface area (Å²) in [5, 5.41) is 5.78. The fourth-order valence-corrected chi connectivity index (χ4v) is 3.90. The van der Waals surface area contributed by atoms with Crippen molar-refractivity contribution < 1.29 is 22.3 Å². The summed E-state index contributed by atoms with van der Waals surface area (Å²) < 4.78 is 49.6. The van der Waals surface area contributed by atoms with Gasteiger partial charge in [-0.2, -0.15) is 4.98 Å². The molecule has 11 heteroatoms. The summed E-state index contributed by atoms with van der Waals surface area (Å²) in [6.07, 6.45) is 1.60. The first-order valence-corrected chi connectivity index (χ1v) is 10.4. The van der Waals surface area contributed by atoms with Crippen molar-refractivity contribution in [2.45, 2.75) is 18.0 Å². The normalized spacial score (nSPS) is 12.0. The van der Waals surface area contributed by atoms with E-state index in [4.69, 9.17) is 14.6 Å². The number of benzene rings is 1. The van der Waals surface area contributed by atoms with Crippen LogP contribution >= 0.6 is 0 Å². The zero-order chi connectivity index (χ0) is 21.5. The van der Waals surface area contributed by atoms with E-state index < -0.39 is 20.7 Å². The number of nitrogens with zero attached hydrogens (tertiary/aromatic N) is 4. The Labute approximate surface area is 171 Å². The van der Waals surface area contributed by atoms with Crippen LogP contribution in [0.2, 0.25) is 0 Å². The first kappa shape index (κ1) is 20.1. The molecule has 0 radical (unpaired) electrons. The topological polar surface area (TPSA) is 122 Å². The van der Waals surface area contributed by atoms with Crippen molar-refractivity contribution in [3.8, 4) is 5.88 Å². The number of rotatable bonds is 6. The Kier molecular flexibility index (Phi) is 5.10. The van der Waals surface area contributed by atoms with E-state index in [0.29, 0.717) is 28.4 Å². The van der Waals surface area contributed by atoms with Crippen molar-refractivity contribution in [1.29, 1.82) is 0 Å². The van der Waals surface area contributed by atoms with E-state index in [1.165, 1.54) is 13.2 Å². The number of primary sulfonamides is 1. The summed E-state index contributed by atoms with van der Waals surface area (Å²) in [4.78, 5) is 12.7. The number of hydrogen-bond acceptors (Lipinski definition) is 7. The molecule has 0 aliphatic heterocycles. The lowest BCUT2D eigenvalue weighted by atomic mass is 10.2. The predicted molar refractivity (Wildman–Crippen MR) is 107 cm³/mol. The van der Waals surface area contributed by atoms with E-state index in [1.807, 2.05) is 10.6 Å². The number of sulfonamides is 1. The van der Waals surface area contributed by atoms with Gasteiger partial charge in [-0.3, -0.25) is 0 Å². The van der Waals surface area contributed by atoms with E-state index in [0.717, 1.165) is 23.0 Å². The molecule has 0 aliphatic rings. The third-order valence-corrected chi connectivity index (χ3v) is 5.56. The van der Waals surface area contributed by atoms with Crippen LogP contribution in [0.3, 0.4) is 0 Å². The molecule has 0 aliphatic carbocycles. The van der Waals surface area contributed by atoms with Gasteiger partial charge in [-0.15, -0.1) is 0 Å². The Morgan fingerprint density at radius 3 is 2.63 bits per heavy atom. The summed E-state index contributed by atoms with van der Waals surface area (Å²) >= 11 is 0. The minimum absolute atomic E-state index is 0.220. The molecule has 4 aromatic rings. The predicted octanol–water partition coefficient (Wildman–Crippen LogP) is 1.97. The summed E-state index contributed by atoms with van der Waals surface area (Å²) in [7, 11) is -1.07. The number of fused-ring (bicyclic) bond motifs is 3. The number of aromatic nitrogens is 4. The number of methoxy groups -OCH3 is 2. The Morgan fingerprint density at radius 2 is 1.97 bits per heavy atom. The molecule has 0 saturated carbocycles. The van der Waals surface area contributed by atoms with E-state index in [-0.39, 0.29) is 13.2 Å². The van der Waals surface area contributed by atoms with E-state index in [1.54, 1.807) is 19.4 Å². The lowest BCUT2D eigenvalue weighted by Gasteiger charge is -2.11. The number of pyridine rings is 2. The molecule has 3 aromatic heterocycles.